The lowest BCUT2D eigenvalue weighted by Gasteiger charge is -2.40. The number of carboxylic acid groups (broad SMARTS) is 1. The van der Waals surface area contributed by atoms with Gasteiger partial charge in [-0.1, -0.05) is 25.5 Å². The Morgan fingerprint density at radius 3 is 2.43 bits per heavy atom. The highest BCUT2D eigenvalue weighted by atomic mass is 16.4. The number of allylic oxidation sites excluding steroid dienone is 2. The maximum absolute atomic E-state index is 12.7. The van der Waals surface area contributed by atoms with E-state index in [9.17, 15) is 14.7 Å². The van der Waals surface area contributed by atoms with E-state index < -0.39 is 11.4 Å². The van der Waals surface area contributed by atoms with Crippen molar-refractivity contribution < 1.29 is 14.7 Å². The Labute approximate surface area is 126 Å². The highest BCUT2D eigenvalue weighted by Crippen LogP contribution is 2.45. The largest absolute Gasteiger partial charge is 0.481 e. The van der Waals surface area contributed by atoms with Gasteiger partial charge in [-0.15, -0.1) is 0 Å². The first-order valence-corrected chi connectivity index (χ1v) is 8.26. The Kier molecular flexibility index (Phi) is 3.80. The average Bonchev–Trinajstić information content (AvgIpc) is 3.10. The van der Waals surface area contributed by atoms with Gasteiger partial charge in [0.15, 0.2) is 0 Å². The normalized spacial score (nSPS) is 33.4. The topological polar surface area (TPSA) is 57.6 Å². The highest BCUT2D eigenvalue weighted by Gasteiger charge is 2.45. The van der Waals surface area contributed by atoms with Gasteiger partial charge in [0, 0.05) is 19.0 Å². The van der Waals surface area contributed by atoms with Crippen molar-refractivity contribution in [1.29, 1.82) is 0 Å². The van der Waals surface area contributed by atoms with E-state index in [4.69, 9.17) is 0 Å². The summed E-state index contributed by atoms with van der Waals surface area (Å²) in [7, 11) is 0. The Hall–Kier alpha value is -1.32. The summed E-state index contributed by atoms with van der Waals surface area (Å²) in [6, 6.07) is 0. The SMILES string of the molecule is CCCC1(C(=O)O)CCN(C(=O)C2CC3C=CC2C3)CC1. The van der Waals surface area contributed by atoms with Crippen LogP contribution in [0.4, 0.5) is 0 Å². The van der Waals surface area contributed by atoms with E-state index in [1.807, 2.05) is 11.8 Å². The molecule has 1 N–H and O–H groups in total. The number of carbonyl (C=O) groups is 2. The van der Waals surface area contributed by atoms with Crippen molar-refractivity contribution >= 4 is 11.9 Å². The number of hydrogen-bond acceptors (Lipinski definition) is 2. The Balaban J connectivity index is 1.61. The maximum atomic E-state index is 12.7. The van der Waals surface area contributed by atoms with Gasteiger partial charge in [0.25, 0.3) is 0 Å². The first kappa shape index (κ1) is 14.6. The predicted octanol–water partition coefficient (Wildman–Crippen LogP) is 2.69. The smallest absolute Gasteiger partial charge is 0.309 e. The fraction of sp³-hybridized carbons (Fsp3) is 0.765. The van der Waals surface area contributed by atoms with Crippen molar-refractivity contribution in [1.82, 2.24) is 4.90 Å². The summed E-state index contributed by atoms with van der Waals surface area (Å²) >= 11 is 0. The van der Waals surface area contributed by atoms with Gasteiger partial charge in [-0.2, -0.15) is 0 Å². The molecule has 3 atom stereocenters. The third-order valence-corrected chi connectivity index (χ3v) is 5.81. The van der Waals surface area contributed by atoms with E-state index in [2.05, 4.69) is 12.2 Å². The molecule has 1 aliphatic heterocycles. The van der Waals surface area contributed by atoms with Gasteiger partial charge in [-0.05, 0) is 43.9 Å². The van der Waals surface area contributed by atoms with Crippen LogP contribution in [0.2, 0.25) is 0 Å². The molecule has 0 aromatic heterocycles. The van der Waals surface area contributed by atoms with E-state index in [1.54, 1.807) is 0 Å². The molecule has 3 unspecified atom stereocenters. The maximum Gasteiger partial charge on any atom is 0.309 e. The molecule has 2 aliphatic carbocycles. The number of aliphatic carboxylic acids is 1. The summed E-state index contributed by atoms with van der Waals surface area (Å²) in [5, 5.41) is 9.53. The Morgan fingerprint density at radius 2 is 1.95 bits per heavy atom. The number of hydrogen-bond donors (Lipinski definition) is 1. The van der Waals surface area contributed by atoms with E-state index in [0.29, 0.717) is 37.8 Å². The van der Waals surface area contributed by atoms with Crippen molar-refractivity contribution in [2.24, 2.45) is 23.2 Å². The molecule has 0 spiro atoms. The van der Waals surface area contributed by atoms with Crippen molar-refractivity contribution in [2.45, 2.75) is 45.4 Å². The van der Waals surface area contributed by atoms with Gasteiger partial charge in [0.1, 0.15) is 0 Å². The Bertz CT molecular complexity index is 463. The zero-order valence-corrected chi connectivity index (χ0v) is 12.8. The second kappa shape index (κ2) is 5.47. The second-order valence-electron chi connectivity index (χ2n) is 7.05. The standard InChI is InChI=1S/C17H25NO3/c1-2-5-17(16(20)21)6-8-18(9-7-17)15(19)14-11-12-3-4-13(14)10-12/h3-4,12-14H,2,5-11H2,1H3,(H,20,21). The van der Waals surface area contributed by atoms with Crippen molar-refractivity contribution in [3.05, 3.63) is 12.2 Å². The second-order valence-corrected chi connectivity index (χ2v) is 7.05. The molecule has 4 nitrogen and oxygen atoms in total. The number of carbonyl (C=O) groups excluding carboxylic acids is 1. The fourth-order valence-corrected chi connectivity index (χ4v) is 4.50. The van der Waals surface area contributed by atoms with Crippen LogP contribution in [0.5, 0.6) is 0 Å². The number of amides is 1. The van der Waals surface area contributed by atoms with Gasteiger partial charge < -0.3 is 10.0 Å². The van der Waals surface area contributed by atoms with Crippen LogP contribution >= 0.6 is 0 Å². The third-order valence-electron chi connectivity index (χ3n) is 5.81. The summed E-state index contributed by atoms with van der Waals surface area (Å²) in [5.41, 5.74) is -0.597. The lowest BCUT2D eigenvalue weighted by atomic mass is 9.74. The molecule has 3 rings (SSSR count). The molecule has 3 aliphatic rings. The molecular formula is C17H25NO3. The number of likely N-dealkylation sites (tertiary alicyclic amines) is 1. The van der Waals surface area contributed by atoms with Gasteiger partial charge in [0.05, 0.1) is 5.41 Å². The van der Waals surface area contributed by atoms with Gasteiger partial charge in [-0.25, -0.2) is 0 Å². The van der Waals surface area contributed by atoms with Crippen LogP contribution in [-0.4, -0.2) is 35.0 Å². The average molecular weight is 291 g/mol. The minimum atomic E-state index is -0.681. The van der Waals surface area contributed by atoms with Crippen LogP contribution in [0.3, 0.4) is 0 Å². The summed E-state index contributed by atoms with van der Waals surface area (Å²) in [5.74, 6) is 0.779. The molecule has 0 radical (unpaired) electrons. The predicted molar refractivity (Wildman–Crippen MR) is 79.6 cm³/mol. The minimum absolute atomic E-state index is 0.156. The molecule has 4 heteroatoms. The van der Waals surface area contributed by atoms with E-state index in [0.717, 1.165) is 25.7 Å². The van der Waals surface area contributed by atoms with Crippen LogP contribution in [0, 0.1) is 23.2 Å². The molecule has 0 aromatic carbocycles. The number of carboxylic acids is 1. The molecular weight excluding hydrogens is 266 g/mol. The monoisotopic (exact) mass is 291 g/mol. The molecule has 1 saturated carbocycles. The minimum Gasteiger partial charge on any atom is -0.481 e. The molecule has 0 aromatic rings. The molecule has 1 saturated heterocycles. The number of fused-ring (bicyclic) bond motifs is 2. The lowest BCUT2D eigenvalue weighted by Crippen LogP contribution is -2.48. The lowest BCUT2D eigenvalue weighted by molar-refractivity contribution is -0.155. The quantitative estimate of drug-likeness (QED) is 0.810. The highest BCUT2D eigenvalue weighted by molar-refractivity contribution is 5.81. The van der Waals surface area contributed by atoms with Gasteiger partial charge >= 0.3 is 5.97 Å². The van der Waals surface area contributed by atoms with Gasteiger partial charge in [0.2, 0.25) is 5.91 Å². The van der Waals surface area contributed by atoms with E-state index in [-0.39, 0.29) is 11.8 Å². The first-order valence-electron chi connectivity index (χ1n) is 8.26. The van der Waals surface area contributed by atoms with Crippen LogP contribution in [0.1, 0.15) is 45.4 Å². The molecule has 21 heavy (non-hydrogen) atoms. The summed E-state index contributed by atoms with van der Waals surface area (Å²) in [4.78, 5) is 26.2. The number of rotatable bonds is 4. The zero-order chi connectivity index (χ0) is 15.0. The zero-order valence-electron chi connectivity index (χ0n) is 12.8. The molecule has 2 fully saturated rings. The van der Waals surface area contributed by atoms with Crippen LogP contribution in [0.25, 0.3) is 0 Å². The summed E-state index contributed by atoms with van der Waals surface area (Å²) < 4.78 is 0. The fourth-order valence-electron chi connectivity index (χ4n) is 4.50. The number of nitrogens with zero attached hydrogens (tertiary/aromatic N) is 1. The van der Waals surface area contributed by atoms with Crippen molar-refractivity contribution in [3.8, 4) is 0 Å². The van der Waals surface area contributed by atoms with Crippen LogP contribution in [0.15, 0.2) is 12.2 Å². The molecule has 1 amide bonds. The third kappa shape index (κ3) is 2.49. The van der Waals surface area contributed by atoms with Crippen molar-refractivity contribution in [2.75, 3.05) is 13.1 Å². The molecule has 1 heterocycles. The molecule has 2 bridgehead atoms. The van der Waals surface area contributed by atoms with Crippen molar-refractivity contribution in [3.63, 3.8) is 0 Å². The van der Waals surface area contributed by atoms with E-state index in [1.165, 1.54) is 0 Å². The first-order chi connectivity index (χ1) is 10.1. The van der Waals surface area contributed by atoms with E-state index >= 15 is 0 Å². The molecule has 116 valence electrons. The summed E-state index contributed by atoms with van der Waals surface area (Å²) in [6.07, 6.45) is 9.42. The van der Waals surface area contributed by atoms with Gasteiger partial charge in [-0.3, -0.25) is 9.59 Å². The summed E-state index contributed by atoms with van der Waals surface area (Å²) in [6.45, 7) is 3.26. The van der Waals surface area contributed by atoms with Crippen LogP contribution < -0.4 is 0 Å². The number of piperidine rings is 1. The van der Waals surface area contributed by atoms with Crippen LogP contribution in [-0.2, 0) is 9.59 Å². The Morgan fingerprint density at radius 1 is 1.24 bits per heavy atom.